The molecule has 0 fully saturated rings. The van der Waals surface area contributed by atoms with Crippen LogP contribution in [0.4, 0.5) is 10.2 Å². The standard InChI is InChI=1S/C12H9FN4O2/c13-6-1-3-7(4-2-6)17-11(14)10-8(16-17)5-9(18)15-12(10)19/h1-5,18H,14H2,(H,15,19). The number of anilines is 1. The number of aromatic hydroxyl groups is 1. The first-order valence-electron chi connectivity index (χ1n) is 5.42. The molecule has 96 valence electrons. The van der Waals surface area contributed by atoms with Crippen LogP contribution in [-0.2, 0) is 0 Å². The highest BCUT2D eigenvalue weighted by Gasteiger charge is 2.14. The average molecular weight is 260 g/mol. The number of H-pyrrole nitrogens is 1. The molecule has 0 atom stereocenters. The van der Waals surface area contributed by atoms with Crippen molar-refractivity contribution < 1.29 is 9.50 Å². The number of hydrogen-bond acceptors (Lipinski definition) is 4. The maximum Gasteiger partial charge on any atom is 0.263 e. The van der Waals surface area contributed by atoms with Crippen molar-refractivity contribution in [3.8, 4) is 11.6 Å². The van der Waals surface area contributed by atoms with Crippen LogP contribution in [-0.4, -0.2) is 19.9 Å². The molecule has 3 aromatic rings. The highest BCUT2D eigenvalue weighted by atomic mass is 19.1. The van der Waals surface area contributed by atoms with Crippen molar-refractivity contribution in [2.45, 2.75) is 0 Å². The Morgan fingerprint density at radius 3 is 2.68 bits per heavy atom. The summed E-state index contributed by atoms with van der Waals surface area (Å²) in [6.07, 6.45) is 0. The molecule has 0 aliphatic carbocycles. The van der Waals surface area contributed by atoms with Crippen molar-refractivity contribution >= 4 is 16.7 Å². The number of nitrogens with one attached hydrogen (secondary N) is 1. The molecule has 19 heavy (non-hydrogen) atoms. The number of halogens is 1. The maximum atomic E-state index is 12.9. The topological polar surface area (TPSA) is 96.9 Å². The van der Waals surface area contributed by atoms with Gasteiger partial charge in [-0.15, -0.1) is 0 Å². The summed E-state index contributed by atoms with van der Waals surface area (Å²) in [5.41, 5.74) is 6.13. The monoisotopic (exact) mass is 260 g/mol. The normalized spacial score (nSPS) is 11.0. The third-order valence-electron chi connectivity index (χ3n) is 2.76. The van der Waals surface area contributed by atoms with Gasteiger partial charge in [0.15, 0.2) is 5.88 Å². The van der Waals surface area contributed by atoms with E-state index in [1.165, 1.54) is 35.0 Å². The molecule has 0 aliphatic heterocycles. The van der Waals surface area contributed by atoms with Crippen molar-refractivity contribution in [3.05, 3.63) is 46.5 Å². The number of rotatable bonds is 1. The second kappa shape index (κ2) is 3.84. The van der Waals surface area contributed by atoms with E-state index in [1.807, 2.05) is 0 Å². The molecule has 1 aromatic carbocycles. The van der Waals surface area contributed by atoms with E-state index < -0.39 is 5.56 Å². The predicted octanol–water partition coefficient (Wildman–Crippen LogP) is 1.14. The Hall–Kier alpha value is -2.83. The Labute approximate surface area is 105 Å². The van der Waals surface area contributed by atoms with Crippen molar-refractivity contribution in [1.82, 2.24) is 14.8 Å². The Kier molecular flexibility index (Phi) is 2.28. The van der Waals surface area contributed by atoms with Crippen molar-refractivity contribution in [2.75, 3.05) is 5.73 Å². The summed E-state index contributed by atoms with van der Waals surface area (Å²) in [7, 11) is 0. The van der Waals surface area contributed by atoms with Crippen molar-refractivity contribution in [2.24, 2.45) is 0 Å². The first-order chi connectivity index (χ1) is 9.06. The molecular weight excluding hydrogens is 251 g/mol. The Morgan fingerprint density at radius 1 is 1.32 bits per heavy atom. The lowest BCUT2D eigenvalue weighted by Gasteiger charge is -2.02. The summed E-state index contributed by atoms with van der Waals surface area (Å²) in [5.74, 6) is -0.543. The van der Waals surface area contributed by atoms with E-state index in [2.05, 4.69) is 10.1 Å². The van der Waals surface area contributed by atoms with Crippen LogP contribution in [0, 0.1) is 5.82 Å². The number of nitrogens with zero attached hydrogens (tertiary/aromatic N) is 2. The zero-order valence-corrected chi connectivity index (χ0v) is 9.59. The van der Waals surface area contributed by atoms with Crippen molar-refractivity contribution in [3.63, 3.8) is 0 Å². The van der Waals surface area contributed by atoms with Gasteiger partial charge in [0.1, 0.15) is 22.5 Å². The average Bonchev–Trinajstić information content (AvgIpc) is 2.67. The van der Waals surface area contributed by atoms with Gasteiger partial charge in [0.25, 0.3) is 5.56 Å². The minimum Gasteiger partial charge on any atom is -0.494 e. The predicted molar refractivity (Wildman–Crippen MR) is 67.7 cm³/mol. The Balaban J connectivity index is 2.31. The number of benzene rings is 1. The second-order valence-corrected chi connectivity index (χ2v) is 4.02. The number of hydrogen-bond donors (Lipinski definition) is 3. The van der Waals surface area contributed by atoms with Crippen LogP contribution in [0.5, 0.6) is 5.88 Å². The van der Waals surface area contributed by atoms with Gasteiger partial charge in [-0.25, -0.2) is 9.07 Å². The molecule has 4 N–H and O–H groups in total. The van der Waals surface area contributed by atoms with E-state index in [1.54, 1.807) is 0 Å². The molecule has 0 unspecified atom stereocenters. The van der Waals surface area contributed by atoms with Gasteiger partial charge in [-0.05, 0) is 24.3 Å². The van der Waals surface area contributed by atoms with E-state index in [0.29, 0.717) is 5.69 Å². The summed E-state index contributed by atoms with van der Waals surface area (Å²) in [6, 6.07) is 6.82. The Bertz CT molecular complexity index is 820. The first-order valence-corrected chi connectivity index (χ1v) is 5.42. The SMILES string of the molecule is Nc1c2c(=O)[nH]c(O)cc2nn1-c1ccc(F)cc1. The highest BCUT2D eigenvalue weighted by Crippen LogP contribution is 2.22. The van der Waals surface area contributed by atoms with Gasteiger partial charge >= 0.3 is 0 Å². The molecule has 0 aliphatic rings. The van der Waals surface area contributed by atoms with Gasteiger partial charge in [0, 0.05) is 6.07 Å². The van der Waals surface area contributed by atoms with Crippen LogP contribution >= 0.6 is 0 Å². The van der Waals surface area contributed by atoms with E-state index in [-0.39, 0.29) is 28.4 Å². The van der Waals surface area contributed by atoms with Gasteiger partial charge in [-0.2, -0.15) is 5.10 Å². The third-order valence-corrected chi connectivity index (χ3v) is 2.76. The molecule has 7 heteroatoms. The van der Waals surface area contributed by atoms with Crippen LogP contribution in [0.2, 0.25) is 0 Å². The first kappa shape index (κ1) is 11.3. The number of nitrogen functional groups attached to an aromatic ring is 1. The van der Waals surface area contributed by atoms with E-state index in [4.69, 9.17) is 5.73 Å². The van der Waals surface area contributed by atoms with E-state index in [0.717, 1.165) is 0 Å². The number of fused-ring (bicyclic) bond motifs is 1. The number of aromatic amines is 1. The van der Waals surface area contributed by atoms with Crippen LogP contribution in [0.1, 0.15) is 0 Å². The molecule has 2 aromatic heterocycles. The quantitative estimate of drug-likeness (QED) is 0.611. The largest absolute Gasteiger partial charge is 0.494 e. The molecule has 6 nitrogen and oxygen atoms in total. The van der Waals surface area contributed by atoms with Gasteiger partial charge < -0.3 is 10.8 Å². The molecule has 0 radical (unpaired) electrons. The molecule has 3 rings (SSSR count). The fourth-order valence-electron chi connectivity index (χ4n) is 1.91. The molecule has 2 heterocycles. The number of nitrogens with two attached hydrogens (primary N) is 1. The molecule has 0 spiro atoms. The number of aromatic nitrogens is 3. The van der Waals surface area contributed by atoms with Gasteiger partial charge in [-0.3, -0.25) is 9.78 Å². The minimum absolute atomic E-state index is 0.128. The van der Waals surface area contributed by atoms with Crippen LogP contribution in [0.15, 0.2) is 35.1 Å². The molecule has 0 amide bonds. The lowest BCUT2D eigenvalue weighted by atomic mass is 10.3. The highest BCUT2D eigenvalue weighted by molar-refractivity contribution is 5.89. The van der Waals surface area contributed by atoms with E-state index >= 15 is 0 Å². The van der Waals surface area contributed by atoms with Gasteiger partial charge in [0.2, 0.25) is 0 Å². The molecule has 0 saturated carbocycles. The fourth-order valence-corrected chi connectivity index (χ4v) is 1.91. The summed E-state index contributed by atoms with van der Waals surface area (Å²) in [6.45, 7) is 0. The Morgan fingerprint density at radius 2 is 2.00 bits per heavy atom. The second-order valence-electron chi connectivity index (χ2n) is 4.02. The molecule has 0 saturated heterocycles. The lowest BCUT2D eigenvalue weighted by molar-refractivity contribution is 0.453. The summed E-state index contributed by atoms with van der Waals surface area (Å²) >= 11 is 0. The van der Waals surface area contributed by atoms with Gasteiger partial charge in [0.05, 0.1) is 5.69 Å². The molecule has 0 bridgehead atoms. The summed E-state index contributed by atoms with van der Waals surface area (Å²) in [4.78, 5) is 13.9. The minimum atomic E-state index is -0.527. The summed E-state index contributed by atoms with van der Waals surface area (Å²) < 4.78 is 14.2. The smallest absolute Gasteiger partial charge is 0.263 e. The van der Waals surface area contributed by atoms with Crippen LogP contribution in [0.25, 0.3) is 16.6 Å². The zero-order chi connectivity index (χ0) is 13.6. The number of pyridine rings is 1. The lowest BCUT2D eigenvalue weighted by Crippen LogP contribution is -2.07. The third kappa shape index (κ3) is 1.71. The summed E-state index contributed by atoms with van der Waals surface area (Å²) in [5, 5.41) is 13.6. The van der Waals surface area contributed by atoms with Crippen LogP contribution < -0.4 is 11.3 Å². The maximum absolute atomic E-state index is 12.9. The van der Waals surface area contributed by atoms with Crippen LogP contribution in [0.3, 0.4) is 0 Å². The van der Waals surface area contributed by atoms with E-state index in [9.17, 15) is 14.3 Å². The molecular formula is C12H9FN4O2. The zero-order valence-electron chi connectivity index (χ0n) is 9.59. The van der Waals surface area contributed by atoms with Crippen molar-refractivity contribution in [1.29, 1.82) is 0 Å². The fraction of sp³-hybridized carbons (Fsp3) is 0. The van der Waals surface area contributed by atoms with Gasteiger partial charge in [-0.1, -0.05) is 0 Å².